The van der Waals surface area contributed by atoms with Crippen LogP contribution in [0.4, 0.5) is 0 Å². The van der Waals surface area contributed by atoms with E-state index in [1.54, 1.807) is 0 Å². The van der Waals surface area contributed by atoms with Crippen LogP contribution in [0.15, 0.2) is 24.3 Å². The first-order valence-corrected chi connectivity index (χ1v) is 7.89. The molecule has 0 radical (unpaired) electrons. The van der Waals surface area contributed by atoms with E-state index in [0.29, 0.717) is 24.1 Å². The highest BCUT2D eigenvalue weighted by atomic mass is 16.5. The summed E-state index contributed by atoms with van der Waals surface area (Å²) in [5, 5.41) is 0. The van der Waals surface area contributed by atoms with Crippen LogP contribution in [0.1, 0.15) is 57.6 Å². The van der Waals surface area contributed by atoms with Crippen LogP contribution in [-0.2, 0) is 11.3 Å². The molecule has 0 amide bonds. The molecule has 1 aromatic carbocycles. The number of hydrogen-bond acceptors (Lipinski definition) is 2. The molecule has 0 heterocycles. The van der Waals surface area contributed by atoms with Gasteiger partial charge in [-0.3, -0.25) is 0 Å². The second kappa shape index (κ2) is 6.73. The second-order valence-electron chi connectivity index (χ2n) is 6.71. The number of ether oxygens (including phenoxy) is 1. The highest BCUT2D eigenvalue weighted by Gasteiger charge is 2.33. The SMILES string of the molecule is CC(C)c1ccc(COC2CC(N(C)C(C)C)C2)cc1. The van der Waals surface area contributed by atoms with Crippen molar-refractivity contribution in [1.29, 1.82) is 0 Å². The highest BCUT2D eigenvalue weighted by Crippen LogP contribution is 2.29. The van der Waals surface area contributed by atoms with Gasteiger partial charge in [-0.05, 0) is 50.8 Å². The van der Waals surface area contributed by atoms with Crippen LogP contribution in [0, 0.1) is 0 Å². The lowest BCUT2D eigenvalue weighted by molar-refractivity contribution is -0.0591. The lowest BCUT2D eigenvalue weighted by Gasteiger charge is -2.42. The minimum Gasteiger partial charge on any atom is -0.373 e. The van der Waals surface area contributed by atoms with E-state index < -0.39 is 0 Å². The van der Waals surface area contributed by atoms with E-state index in [0.717, 1.165) is 6.61 Å². The van der Waals surface area contributed by atoms with Gasteiger partial charge in [-0.25, -0.2) is 0 Å². The molecular formula is C18H29NO. The van der Waals surface area contributed by atoms with E-state index >= 15 is 0 Å². The Morgan fingerprint density at radius 2 is 1.70 bits per heavy atom. The molecule has 1 saturated carbocycles. The monoisotopic (exact) mass is 275 g/mol. The van der Waals surface area contributed by atoms with Crippen LogP contribution in [0.5, 0.6) is 0 Å². The Kier molecular flexibility index (Phi) is 5.22. The number of hydrogen-bond donors (Lipinski definition) is 0. The van der Waals surface area contributed by atoms with Gasteiger partial charge in [0.25, 0.3) is 0 Å². The first-order valence-electron chi connectivity index (χ1n) is 7.89. The zero-order chi connectivity index (χ0) is 14.7. The molecule has 0 unspecified atom stereocenters. The summed E-state index contributed by atoms with van der Waals surface area (Å²) in [5.41, 5.74) is 2.69. The molecule has 0 aromatic heterocycles. The van der Waals surface area contributed by atoms with E-state index in [2.05, 4.69) is 63.9 Å². The quantitative estimate of drug-likeness (QED) is 0.771. The first kappa shape index (κ1) is 15.5. The van der Waals surface area contributed by atoms with Gasteiger partial charge in [-0.15, -0.1) is 0 Å². The first-order chi connectivity index (χ1) is 9.47. The maximum atomic E-state index is 6.00. The van der Waals surface area contributed by atoms with Crippen LogP contribution in [0.25, 0.3) is 0 Å². The van der Waals surface area contributed by atoms with E-state index in [1.807, 2.05) is 0 Å². The third-order valence-corrected chi connectivity index (χ3v) is 4.59. The van der Waals surface area contributed by atoms with E-state index in [1.165, 1.54) is 24.0 Å². The Bertz CT molecular complexity index is 404. The number of rotatable bonds is 6. The maximum absolute atomic E-state index is 6.00. The Morgan fingerprint density at radius 3 is 2.20 bits per heavy atom. The Balaban J connectivity index is 1.72. The maximum Gasteiger partial charge on any atom is 0.0720 e. The second-order valence-corrected chi connectivity index (χ2v) is 6.71. The molecule has 1 aromatic rings. The van der Waals surface area contributed by atoms with E-state index in [4.69, 9.17) is 4.74 Å². The summed E-state index contributed by atoms with van der Waals surface area (Å²) in [4.78, 5) is 2.46. The largest absolute Gasteiger partial charge is 0.373 e. The van der Waals surface area contributed by atoms with Crippen molar-refractivity contribution in [2.45, 2.75) is 71.2 Å². The van der Waals surface area contributed by atoms with Gasteiger partial charge in [-0.1, -0.05) is 38.1 Å². The van der Waals surface area contributed by atoms with Gasteiger partial charge < -0.3 is 9.64 Å². The molecule has 2 nitrogen and oxygen atoms in total. The average Bonchev–Trinajstić information content (AvgIpc) is 2.37. The summed E-state index contributed by atoms with van der Waals surface area (Å²) in [5.74, 6) is 0.601. The minimum absolute atomic E-state index is 0.450. The Morgan fingerprint density at radius 1 is 1.10 bits per heavy atom. The number of benzene rings is 1. The lowest BCUT2D eigenvalue weighted by atomic mass is 9.87. The normalized spacial score (nSPS) is 22.6. The van der Waals surface area contributed by atoms with E-state index in [-0.39, 0.29) is 0 Å². The summed E-state index contributed by atoms with van der Waals surface area (Å²) < 4.78 is 6.00. The third-order valence-electron chi connectivity index (χ3n) is 4.59. The molecule has 0 spiro atoms. The molecule has 0 saturated heterocycles. The van der Waals surface area contributed by atoms with Crippen molar-refractivity contribution in [3.63, 3.8) is 0 Å². The molecule has 1 fully saturated rings. The minimum atomic E-state index is 0.450. The van der Waals surface area contributed by atoms with Gasteiger partial charge in [0.05, 0.1) is 12.7 Å². The van der Waals surface area contributed by atoms with Gasteiger partial charge in [0.1, 0.15) is 0 Å². The Labute approximate surface area is 124 Å². The van der Waals surface area contributed by atoms with Crippen LogP contribution in [-0.4, -0.2) is 30.1 Å². The van der Waals surface area contributed by atoms with Gasteiger partial charge in [0.15, 0.2) is 0 Å². The van der Waals surface area contributed by atoms with Crippen molar-refractivity contribution in [2.75, 3.05) is 7.05 Å². The predicted octanol–water partition coefficient (Wildman–Crippen LogP) is 4.20. The molecule has 1 aliphatic rings. The predicted molar refractivity (Wildman–Crippen MR) is 85.0 cm³/mol. The highest BCUT2D eigenvalue weighted by molar-refractivity contribution is 5.24. The van der Waals surface area contributed by atoms with Crippen molar-refractivity contribution >= 4 is 0 Å². The van der Waals surface area contributed by atoms with Gasteiger partial charge in [0.2, 0.25) is 0 Å². The molecule has 112 valence electrons. The van der Waals surface area contributed by atoms with Crippen LogP contribution < -0.4 is 0 Å². The van der Waals surface area contributed by atoms with Crippen molar-refractivity contribution in [1.82, 2.24) is 4.90 Å². The topological polar surface area (TPSA) is 12.5 Å². The molecule has 2 heteroatoms. The van der Waals surface area contributed by atoms with Crippen molar-refractivity contribution < 1.29 is 4.74 Å². The molecule has 2 rings (SSSR count). The third kappa shape index (κ3) is 3.83. The fraction of sp³-hybridized carbons (Fsp3) is 0.667. The van der Waals surface area contributed by atoms with Gasteiger partial charge in [-0.2, -0.15) is 0 Å². The van der Waals surface area contributed by atoms with Gasteiger partial charge >= 0.3 is 0 Å². The van der Waals surface area contributed by atoms with Crippen molar-refractivity contribution in [3.8, 4) is 0 Å². The summed E-state index contributed by atoms with van der Waals surface area (Å²) in [6.45, 7) is 9.71. The number of nitrogens with zero attached hydrogens (tertiary/aromatic N) is 1. The smallest absolute Gasteiger partial charge is 0.0720 e. The zero-order valence-corrected chi connectivity index (χ0v) is 13.6. The molecule has 0 N–H and O–H groups in total. The lowest BCUT2D eigenvalue weighted by Crippen LogP contribution is -2.48. The average molecular weight is 275 g/mol. The van der Waals surface area contributed by atoms with Crippen LogP contribution in [0.2, 0.25) is 0 Å². The van der Waals surface area contributed by atoms with Gasteiger partial charge in [0, 0.05) is 12.1 Å². The molecule has 20 heavy (non-hydrogen) atoms. The standard InChI is InChI=1S/C18H29NO/c1-13(2)16-8-6-15(7-9-16)12-20-18-10-17(11-18)19(5)14(3)4/h6-9,13-14,17-18H,10-12H2,1-5H3. The van der Waals surface area contributed by atoms with Crippen LogP contribution in [0.3, 0.4) is 0 Å². The fourth-order valence-corrected chi connectivity index (χ4v) is 2.64. The summed E-state index contributed by atoms with van der Waals surface area (Å²) in [7, 11) is 2.22. The van der Waals surface area contributed by atoms with Crippen molar-refractivity contribution in [2.24, 2.45) is 0 Å². The van der Waals surface area contributed by atoms with Crippen LogP contribution >= 0.6 is 0 Å². The zero-order valence-electron chi connectivity index (χ0n) is 13.6. The fourth-order valence-electron chi connectivity index (χ4n) is 2.64. The summed E-state index contributed by atoms with van der Waals surface area (Å²) in [6, 6.07) is 10.2. The van der Waals surface area contributed by atoms with E-state index in [9.17, 15) is 0 Å². The molecular weight excluding hydrogens is 246 g/mol. The molecule has 0 atom stereocenters. The molecule has 0 bridgehead atoms. The molecule has 1 aliphatic carbocycles. The van der Waals surface area contributed by atoms with Crippen molar-refractivity contribution in [3.05, 3.63) is 35.4 Å². The summed E-state index contributed by atoms with van der Waals surface area (Å²) >= 11 is 0. The Hall–Kier alpha value is -0.860. The molecule has 0 aliphatic heterocycles. The summed E-state index contributed by atoms with van der Waals surface area (Å²) in [6.07, 6.45) is 2.81.